The maximum Gasteiger partial charge on any atom is 0.394 e. The molecule has 4 rings (SSSR count). The van der Waals surface area contributed by atoms with Crippen molar-refractivity contribution in [1.29, 1.82) is 0 Å². The van der Waals surface area contributed by atoms with Crippen molar-refractivity contribution in [3.05, 3.63) is 69.9 Å². The van der Waals surface area contributed by atoms with Gasteiger partial charge in [0.2, 0.25) is 0 Å². The second-order valence-corrected chi connectivity index (χ2v) is 10.1. The van der Waals surface area contributed by atoms with Crippen LogP contribution in [0.3, 0.4) is 0 Å². The summed E-state index contributed by atoms with van der Waals surface area (Å²) in [5.41, 5.74) is 1.37. The van der Waals surface area contributed by atoms with E-state index in [4.69, 9.17) is 0 Å². The molecule has 1 aromatic carbocycles. The van der Waals surface area contributed by atoms with E-state index >= 15 is 0 Å². The van der Waals surface area contributed by atoms with E-state index in [2.05, 4.69) is 15.8 Å². The quantitative estimate of drug-likeness (QED) is 0.333. The molecule has 0 bridgehead atoms. The maximum atomic E-state index is 13.6. The Morgan fingerprint density at radius 1 is 1.18 bits per heavy atom. The SMILES string of the molecule is CC1C=C(CC(C)(N=O)c2ccc(C3=CCC(F)CN3)cc2)NC=C1CC1(C(F)(F)F)CCC1. The van der Waals surface area contributed by atoms with E-state index in [9.17, 15) is 22.5 Å². The highest BCUT2D eigenvalue weighted by atomic mass is 19.4. The molecule has 0 aromatic heterocycles. The van der Waals surface area contributed by atoms with E-state index in [1.165, 1.54) is 0 Å². The molecule has 1 fully saturated rings. The Morgan fingerprint density at radius 3 is 2.38 bits per heavy atom. The molecule has 3 atom stereocenters. The Labute approximate surface area is 197 Å². The van der Waals surface area contributed by atoms with Gasteiger partial charge in [0.05, 0.1) is 5.41 Å². The molecule has 3 aliphatic rings. The number of benzene rings is 1. The predicted octanol–water partition coefficient (Wildman–Crippen LogP) is 6.86. The average Bonchev–Trinajstić information content (AvgIpc) is 2.77. The molecule has 2 aliphatic heterocycles. The van der Waals surface area contributed by atoms with Crippen molar-refractivity contribution in [3.63, 3.8) is 0 Å². The van der Waals surface area contributed by atoms with E-state index in [0.717, 1.165) is 28.1 Å². The van der Waals surface area contributed by atoms with Crippen molar-refractivity contribution in [2.75, 3.05) is 6.54 Å². The number of dihydropyridines is 1. The summed E-state index contributed by atoms with van der Waals surface area (Å²) < 4.78 is 54.2. The standard InChI is InChI=1S/C26H31F4N3O/c1-17-12-22(31-15-19(17)13-25(10-3-11-25)26(28,29)30)14-24(2,33-34)20-6-4-18(5-7-20)23-9-8-21(27)16-32-23/h4-7,9,12,15,17,21,31-32H,3,8,10-11,13-14,16H2,1-2H3. The molecule has 0 radical (unpaired) electrons. The highest BCUT2D eigenvalue weighted by Gasteiger charge is 2.58. The number of nitrogens with zero attached hydrogens (tertiary/aromatic N) is 1. The topological polar surface area (TPSA) is 53.5 Å². The zero-order chi connectivity index (χ0) is 24.6. The Balaban J connectivity index is 1.44. The molecule has 0 amide bonds. The van der Waals surface area contributed by atoms with Crippen molar-refractivity contribution >= 4 is 5.70 Å². The van der Waals surface area contributed by atoms with Crippen LogP contribution in [0.5, 0.6) is 0 Å². The van der Waals surface area contributed by atoms with Gasteiger partial charge < -0.3 is 10.6 Å². The first-order valence-electron chi connectivity index (χ1n) is 11.8. The van der Waals surface area contributed by atoms with Crippen molar-refractivity contribution in [2.45, 2.75) is 70.3 Å². The molecule has 1 aromatic rings. The van der Waals surface area contributed by atoms with Crippen molar-refractivity contribution in [2.24, 2.45) is 16.5 Å². The van der Waals surface area contributed by atoms with Crippen LogP contribution >= 0.6 is 0 Å². The number of alkyl halides is 4. The van der Waals surface area contributed by atoms with Gasteiger partial charge in [-0.2, -0.15) is 13.2 Å². The Kier molecular flexibility index (Phi) is 6.62. The molecular weight excluding hydrogens is 446 g/mol. The van der Waals surface area contributed by atoms with Gasteiger partial charge in [0, 0.05) is 37.0 Å². The second-order valence-electron chi connectivity index (χ2n) is 10.1. The normalized spacial score (nSPS) is 26.0. The van der Waals surface area contributed by atoms with Gasteiger partial charge in [-0.05, 0) is 48.8 Å². The van der Waals surface area contributed by atoms with E-state index < -0.39 is 23.3 Å². The van der Waals surface area contributed by atoms with Crippen LogP contribution in [-0.4, -0.2) is 18.9 Å². The third-order valence-corrected chi connectivity index (χ3v) is 7.58. The van der Waals surface area contributed by atoms with Crippen LogP contribution < -0.4 is 10.6 Å². The zero-order valence-corrected chi connectivity index (χ0v) is 19.5. The number of nitroso groups, excluding NO2 is 1. The minimum atomic E-state index is -4.20. The van der Waals surface area contributed by atoms with Gasteiger partial charge in [-0.25, -0.2) is 4.39 Å². The minimum Gasteiger partial charge on any atom is -0.382 e. The lowest BCUT2D eigenvalue weighted by molar-refractivity contribution is -0.250. The lowest BCUT2D eigenvalue weighted by Crippen LogP contribution is -2.44. The Hall–Kier alpha value is -2.64. The molecule has 8 heteroatoms. The summed E-state index contributed by atoms with van der Waals surface area (Å²) in [6.45, 7) is 3.92. The van der Waals surface area contributed by atoms with Gasteiger partial charge in [-0.1, -0.05) is 54.9 Å². The number of hydrogen-bond acceptors (Lipinski definition) is 4. The molecular formula is C26H31F4N3O. The fourth-order valence-corrected chi connectivity index (χ4v) is 5.06. The summed E-state index contributed by atoms with van der Waals surface area (Å²) in [7, 11) is 0. The second kappa shape index (κ2) is 9.19. The monoisotopic (exact) mass is 477 g/mol. The van der Waals surface area contributed by atoms with E-state index in [0.29, 0.717) is 19.3 Å². The maximum absolute atomic E-state index is 13.6. The highest BCUT2D eigenvalue weighted by molar-refractivity contribution is 5.65. The minimum absolute atomic E-state index is 0.00610. The molecule has 2 heterocycles. The summed E-state index contributed by atoms with van der Waals surface area (Å²) in [5, 5.41) is 9.61. The number of halogens is 4. The summed E-state index contributed by atoms with van der Waals surface area (Å²) in [4.78, 5) is 11.9. The van der Waals surface area contributed by atoms with Crippen LogP contribution in [0.4, 0.5) is 17.6 Å². The summed E-state index contributed by atoms with van der Waals surface area (Å²) in [5.74, 6) is -0.155. The van der Waals surface area contributed by atoms with Gasteiger partial charge in [0.1, 0.15) is 11.7 Å². The Morgan fingerprint density at radius 2 is 1.88 bits per heavy atom. The number of allylic oxidation sites excluding steroid dienone is 3. The van der Waals surface area contributed by atoms with Crippen LogP contribution in [-0.2, 0) is 5.54 Å². The van der Waals surface area contributed by atoms with E-state index in [-0.39, 0.29) is 31.7 Å². The third kappa shape index (κ3) is 4.77. The van der Waals surface area contributed by atoms with Crippen LogP contribution in [0, 0.1) is 16.2 Å². The highest BCUT2D eigenvalue weighted by Crippen LogP contribution is 2.57. The van der Waals surface area contributed by atoms with Gasteiger partial charge >= 0.3 is 6.18 Å². The molecule has 1 aliphatic carbocycles. The van der Waals surface area contributed by atoms with Crippen LogP contribution in [0.25, 0.3) is 5.70 Å². The zero-order valence-electron chi connectivity index (χ0n) is 19.5. The van der Waals surface area contributed by atoms with Crippen molar-refractivity contribution in [1.82, 2.24) is 10.6 Å². The molecule has 1 saturated carbocycles. The fourth-order valence-electron chi connectivity index (χ4n) is 5.06. The molecule has 184 valence electrons. The van der Waals surface area contributed by atoms with Gasteiger partial charge in [-0.3, -0.25) is 0 Å². The molecule has 2 N–H and O–H groups in total. The molecule has 0 saturated heterocycles. The largest absolute Gasteiger partial charge is 0.394 e. The number of hydrogen-bond donors (Lipinski definition) is 2. The molecule has 0 spiro atoms. The van der Waals surface area contributed by atoms with Gasteiger partial charge in [0.25, 0.3) is 0 Å². The number of rotatable bonds is 7. The van der Waals surface area contributed by atoms with Crippen LogP contribution in [0.1, 0.15) is 63.5 Å². The van der Waals surface area contributed by atoms with Gasteiger partial charge in [0.15, 0.2) is 0 Å². The third-order valence-electron chi connectivity index (χ3n) is 7.58. The van der Waals surface area contributed by atoms with Crippen molar-refractivity contribution < 1.29 is 17.6 Å². The van der Waals surface area contributed by atoms with E-state index in [1.807, 2.05) is 43.3 Å². The first-order valence-corrected chi connectivity index (χ1v) is 11.8. The molecule has 4 nitrogen and oxygen atoms in total. The summed E-state index contributed by atoms with van der Waals surface area (Å²) in [6.07, 6.45) is 1.99. The fraction of sp³-hybridized carbons (Fsp3) is 0.538. The van der Waals surface area contributed by atoms with Crippen LogP contribution in [0.15, 0.2) is 59.1 Å². The van der Waals surface area contributed by atoms with Crippen molar-refractivity contribution in [3.8, 4) is 0 Å². The number of nitrogens with one attached hydrogen (secondary N) is 2. The van der Waals surface area contributed by atoms with Gasteiger partial charge in [-0.15, -0.1) is 4.91 Å². The van der Waals surface area contributed by atoms with Crippen LogP contribution in [0.2, 0.25) is 0 Å². The average molecular weight is 478 g/mol. The first-order chi connectivity index (χ1) is 16.1. The van der Waals surface area contributed by atoms with E-state index in [1.54, 1.807) is 13.1 Å². The lowest BCUT2D eigenvalue weighted by atomic mass is 9.63. The summed E-state index contributed by atoms with van der Waals surface area (Å²) >= 11 is 0. The lowest BCUT2D eigenvalue weighted by Gasteiger charge is -2.44. The summed E-state index contributed by atoms with van der Waals surface area (Å²) in [6, 6.07) is 7.46. The first kappa shape index (κ1) is 24.5. The molecule has 34 heavy (non-hydrogen) atoms. The molecule has 3 unspecified atom stereocenters. The Bertz CT molecular complexity index is 1010. The smallest absolute Gasteiger partial charge is 0.382 e. The predicted molar refractivity (Wildman–Crippen MR) is 125 cm³/mol.